The van der Waals surface area contributed by atoms with Crippen LogP contribution in [0.25, 0.3) is 0 Å². The van der Waals surface area contributed by atoms with Crippen LogP contribution in [0.2, 0.25) is 0 Å². The number of hydroxylamine groups is 1. The molecule has 0 saturated heterocycles. The Balaban J connectivity index is 2.78. The second-order valence-corrected chi connectivity index (χ2v) is 6.65. The highest BCUT2D eigenvalue weighted by molar-refractivity contribution is 7.51. The summed E-state index contributed by atoms with van der Waals surface area (Å²) in [4.78, 5) is 29.6. The van der Waals surface area contributed by atoms with Crippen LogP contribution in [0.4, 0.5) is 0 Å². The molecule has 0 radical (unpaired) electrons. The third kappa shape index (κ3) is 5.15. The molecule has 0 aliphatic rings. The van der Waals surface area contributed by atoms with Crippen molar-refractivity contribution in [3.63, 3.8) is 0 Å². The zero-order valence-corrected chi connectivity index (χ0v) is 12.2. The van der Waals surface area contributed by atoms with E-state index in [1.54, 1.807) is 0 Å². The number of rotatable bonds is 8. The molecule has 0 fully saturated rings. The third-order valence-corrected chi connectivity index (χ3v) is 4.21. The number of Topliss-reactive ketones (excluding diaryl/α,β-unsaturated/α-hetero) is 1. The molecule has 20 heavy (non-hydrogen) atoms. The van der Waals surface area contributed by atoms with Crippen molar-refractivity contribution in [2.75, 3.05) is 6.16 Å². The maximum atomic E-state index is 11.8. The molecule has 1 aromatic carbocycles. The zero-order chi connectivity index (χ0) is 15.2. The van der Waals surface area contributed by atoms with Gasteiger partial charge in [-0.2, -0.15) is 5.48 Å². The van der Waals surface area contributed by atoms with Gasteiger partial charge in [0.2, 0.25) is 0 Å². The van der Waals surface area contributed by atoms with Gasteiger partial charge in [-0.05, 0) is 31.7 Å². The van der Waals surface area contributed by atoms with E-state index in [-0.39, 0.29) is 18.6 Å². The predicted molar refractivity (Wildman–Crippen MR) is 74.6 cm³/mol. The van der Waals surface area contributed by atoms with E-state index in [1.807, 2.05) is 35.8 Å². The Kier molecular flexibility index (Phi) is 6.05. The Labute approximate surface area is 117 Å². The quantitative estimate of drug-likeness (QED) is 0.428. The topological polar surface area (TPSA) is 107 Å². The summed E-state index contributed by atoms with van der Waals surface area (Å²) in [6.07, 6.45) is 0.225. The van der Waals surface area contributed by atoms with Gasteiger partial charge in [-0.1, -0.05) is 30.3 Å². The van der Waals surface area contributed by atoms with Crippen molar-refractivity contribution in [2.45, 2.75) is 31.7 Å². The van der Waals surface area contributed by atoms with Gasteiger partial charge in [0.05, 0.1) is 6.16 Å². The normalized spacial score (nSPS) is 14.8. The standard InChI is InChI=1S/C13H20NO5P/c1-11(15)13(14-16,9-10-20(17,18)19)8-7-12-5-3-2-4-6-12/h2-6,14,16H,7-10H2,1H3,(H2,17,18,19). The third-order valence-electron chi connectivity index (χ3n) is 3.40. The van der Waals surface area contributed by atoms with Gasteiger partial charge in [0.1, 0.15) is 5.54 Å². The maximum absolute atomic E-state index is 11.8. The average molecular weight is 301 g/mol. The fourth-order valence-electron chi connectivity index (χ4n) is 2.01. The van der Waals surface area contributed by atoms with E-state index in [0.29, 0.717) is 6.42 Å². The summed E-state index contributed by atoms with van der Waals surface area (Å²) in [7, 11) is -4.21. The van der Waals surface area contributed by atoms with Crippen molar-refractivity contribution in [2.24, 2.45) is 0 Å². The molecule has 4 N–H and O–H groups in total. The molecule has 0 saturated carbocycles. The first kappa shape index (κ1) is 17.0. The molecule has 0 aromatic heterocycles. The van der Waals surface area contributed by atoms with Crippen LogP contribution in [0.5, 0.6) is 0 Å². The molecule has 1 atom stereocenters. The number of aryl methyl sites for hydroxylation is 1. The van der Waals surface area contributed by atoms with Crippen LogP contribution < -0.4 is 5.48 Å². The van der Waals surface area contributed by atoms with Gasteiger partial charge in [-0.3, -0.25) is 9.36 Å². The number of carbonyl (C=O) groups excluding carboxylic acids is 1. The van der Waals surface area contributed by atoms with Crippen molar-refractivity contribution in [3.05, 3.63) is 35.9 Å². The minimum atomic E-state index is -4.21. The Morgan fingerprint density at radius 3 is 2.30 bits per heavy atom. The van der Waals surface area contributed by atoms with Gasteiger partial charge in [-0.25, -0.2) is 0 Å². The average Bonchev–Trinajstić information content (AvgIpc) is 2.39. The van der Waals surface area contributed by atoms with Crippen molar-refractivity contribution >= 4 is 13.4 Å². The number of ketones is 1. The highest BCUT2D eigenvalue weighted by atomic mass is 31.2. The van der Waals surface area contributed by atoms with E-state index >= 15 is 0 Å². The van der Waals surface area contributed by atoms with Crippen LogP contribution in [-0.4, -0.2) is 32.5 Å². The fraction of sp³-hybridized carbons (Fsp3) is 0.462. The molecule has 1 aromatic rings. The molecule has 0 aliphatic carbocycles. The molecule has 112 valence electrons. The largest absolute Gasteiger partial charge is 0.325 e. The van der Waals surface area contributed by atoms with Gasteiger partial charge in [0.15, 0.2) is 5.78 Å². The minimum Gasteiger partial charge on any atom is -0.324 e. The van der Waals surface area contributed by atoms with Crippen molar-refractivity contribution in [1.82, 2.24) is 5.48 Å². The van der Waals surface area contributed by atoms with Crippen LogP contribution in [0.1, 0.15) is 25.3 Å². The second kappa shape index (κ2) is 7.11. The zero-order valence-electron chi connectivity index (χ0n) is 11.3. The molecule has 6 nitrogen and oxygen atoms in total. The first-order chi connectivity index (χ1) is 9.29. The Morgan fingerprint density at radius 2 is 1.85 bits per heavy atom. The van der Waals surface area contributed by atoms with Crippen LogP contribution in [0.3, 0.4) is 0 Å². The monoisotopic (exact) mass is 301 g/mol. The lowest BCUT2D eigenvalue weighted by Gasteiger charge is -2.30. The smallest absolute Gasteiger partial charge is 0.324 e. The molecule has 0 aliphatic heterocycles. The van der Waals surface area contributed by atoms with Crippen molar-refractivity contribution in [3.8, 4) is 0 Å². The molecule has 0 spiro atoms. The summed E-state index contributed by atoms with van der Waals surface area (Å²) in [5, 5.41) is 9.30. The maximum Gasteiger partial charge on any atom is 0.325 e. The van der Waals surface area contributed by atoms with Gasteiger partial charge >= 0.3 is 7.60 Å². The second-order valence-electron chi connectivity index (χ2n) is 4.87. The molecule has 1 unspecified atom stereocenters. The van der Waals surface area contributed by atoms with E-state index < -0.39 is 19.3 Å². The van der Waals surface area contributed by atoms with Crippen LogP contribution >= 0.6 is 7.60 Å². The Hall–Kier alpha value is -1.04. The number of hydrogen-bond acceptors (Lipinski definition) is 4. The number of nitrogens with one attached hydrogen (secondary N) is 1. The summed E-state index contributed by atoms with van der Waals surface area (Å²) in [6.45, 7) is 1.30. The van der Waals surface area contributed by atoms with E-state index in [1.165, 1.54) is 6.92 Å². The summed E-state index contributed by atoms with van der Waals surface area (Å²) in [6, 6.07) is 9.40. The number of benzene rings is 1. The van der Waals surface area contributed by atoms with Crippen molar-refractivity contribution in [1.29, 1.82) is 0 Å². The SMILES string of the molecule is CC(=O)C(CCc1ccccc1)(CCP(=O)(O)O)NO. The Morgan fingerprint density at radius 1 is 1.25 bits per heavy atom. The lowest BCUT2D eigenvalue weighted by molar-refractivity contribution is -0.128. The van der Waals surface area contributed by atoms with Gasteiger partial charge in [-0.15, -0.1) is 0 Å². The highest BCUT2D eigenvalue weighted by Gasteiger charge is 2.36. The van der Waals surface area contributed by atoms with E-state index in [9.17, 15) is 14.6 Å². The predicted octanol–water partition coefficient (Wildman–Crippen LogP) is 1.49. The summed E-state index contributed by atoms with van der Waals surface area (Å²) in [5.41, 5.74) is 1.63. The lowest BCUT2D eigenvalue weighted by Crippen LogP contribution is -2.50. The molecular weight excluding hydrogens is 281 g/mol. The molecule has 0 heterocycles. The molecule has 0 bridgehead atoms. The summed E-state index contributed by atoms with van der Waals surface area (Å²) in [5.74, 6) is -0.343. The minimum absolute atomic E-state index is 0.115. The van der Waals surface area contributed by atoms with Crippen molar-refractivity contribution < 1.29 is 24.4 Å². The van der Waals surface area contributed by atoms with Gasteiger partial charge < -0.3 is 15.0 Å². The highest BCUT2D eigenvalue weighted by Crippen LogP contribution is 2.37. The summed E-state index contributed by atoms with van der Waals surface area (Å²) >= 11 is 0. The fourth-order valence-corrected chi connectivity index (χ4v) is 2.68. The van der Waals surface area contributed by atoms with Crippen LogP contribution in [-0.2, 0) is 15.8 Å². The molecule has 0 amide bonds. The van der Waals surface area contributed by atoms with E-state index in [0.717, 1.165) is 5.56 Å². The van der Waals surface area contributed by atoms with Crippen LogP contribution in [0.15, 0.2) is 30.3 Å². The Bertz CT molecular complexity index is 487. The molecule has 7 heteroatoms. The first-order valence-corrected chi connectivity index (χ1v) is 8.10. The lowest BCUT2D eigenvalue weighted by atomic mass is 9.86. The van der Waals surface area contributed by atoms with E-state index in [2.05, 4.69) is 0 Å². The first-order valence-electron chi connectivity index (χ1n) is 6.30. The van der Waals surface area contributed by atoms with Gasteiger partial charge in [0, 0.05) is 0 Å². The van der Waals surface area contributed by atoms with Crippen LogP contribution in [0, 0.1) is 0 Å². The van der Waals surface area contributed by atoms with Gasteiger partial charge in [0.25, 0.3) is 0 Å². The molecular formula is C13H20NO5P. The number of hydrogen-bond donors (Lipinski definition) is 4. The summed E-state index contributed by atoms with van der Waals surface area (Å²) < 4.78 is 11.0. The molecule has 1 rings (SSSR count). The number of carbonyl (C=O) groups is 1. The van der Waals surface area contributed by atoms with E-state index in [4.69, 9.17) is 9.79 Å².